The van der Waals surface area contributed by atoms with Crippen LogP contribution in [0.4, 0.5) is 0 Å². The molecule has 0 saturated heterocycles. The van der Waals surface area contributed by atoms with Gasteiger partial charge in [0.05, 0.1) is 0 Å². The standard InChI is InChI=1S/C16H14S/c1-3-7-13(8-4-1)15-11-17-12-16(15)14-9-5-2-6-10-14/h1-10H,11-12H2. The zero-order chi connectivity index (χ0) is 11.5. The maximum absolute atomic E-state index is 2.21. The molecule has 0 bridgehead atoms. The summed E-state index contributed by atoms with van der Waals surface area (Å²) >= 11 is 2.01. The quantitative estimate of drug-likeness (QED) is 0.749. The molecule has 0 aromatic heterocycles. The van der Waals surface area contributed by atoms with Crippen molar-refractivity contribution in [1.82, 2.24) is 0 Å². The molecular formula is C16H14S. The third kappa shape index (κ3) is 2.16. The number of thioether (sulfide) groups is 1. The monoisotopic (exact) mass is 238 g/mol. The Labute approximate surface area is 106 Å². The van der Waals surface area contributed by atoms with Gasteiger partial charge < -0.3 is 0 Å². The molecule has 0 unspecified atom stereocenters. The highest BCUT2D eigenvalue weighted by Crippen LogP contribution is 2.37. The summed E-state index contributed by atoms with van der Waals surface area (Å²) in [5.41, 5.74) is 5.75. The minimum atomic E-state index is 1.13. The van der Waals surface area contributed by atoms with E-state index < -0.39 is 0 Å². The zero-order valence-corrected chi connectivity index (χ0v) is 10.4. The Morgan fingerprint density at radius 1 is 0.588 bits per heavy atom. The van der Waals surface area contributed by atoms with Gasteiger partial charge in [0.2, 0.25) is 0 Å². The molecule has 0 nitrogen and oxygen atoms in total. The van der Waals surface area contributed by atoms with Gasteiger partial charge in [-0.05, 0) is 22.3 Å². The summed E-state index contributed by atoms with van der Waals surface area (Å²) in [5.74, 6) is 2.27. The van der Waals surface area contributed by atoms with E-state index in [0.29, 0.717) is 0 Å². The first-order valence-corrected chi connectivity index (χ1v) is 7.01. The van der Waals surface area contributed by atoms with Gasteiger partial charge in [0.1, 0.15) is 0 Å². The van der Waals surface area contributed by atoms with Gasteiger partial charge in [-0.1, -0.05) is 60.7 Å². The molecule has 0 spiro atoms. The fourth-order valence-corrected chi connectivity index (χ4v) is 3.42. The number of rotatable bonds is 2. The third-order valence-electron chi connectivity index (χ3n) is 3.10. The number of hydrogen-bond donors (Lipinski definition) is 0. The topological polar surface area (TPSA) is 0 Å². The minimum Gasteiger partial charge on any atom is -0.152 e. The smallest absolute Gasteiger partial charge is 0.0197 e. The van der Waals surface area contributed by atoms with Gasteiger partial charge in [-0.25, -0.2) is 0 Å². The van der Waals surface area contributed by atoms with Crippen LogP contribution in [0.1, 0.15) is 11.1 Å². The average molecular weight is 238 g/mol. The molecule has 3 rings (SSSR count). The van der Waals surface area contributed by atoms with Crippen LogP contribution in [0, 0.1) is 0 Å². The Morgan fingerprint density at radius 2 is 1.00 bits per heavy atom. The lowest BCUT2D eigenvalue weighted by atomic mass is 9.97. The molecule has 2 aromatic rings. The van der Waals surface area contributed by atoms with Crippen molar-refractivity contribution in [1.29, 1.82) is 0 Å². The van der Waals surface area contributed by atoms with Crippen LogP contribution in [0.2, 0.25) is 0 Å². The van der Waals surface area contributed by atoms with Crippen molar-refractivity contribution in [3.63, 3.8) is 0 Å². The van der Waals surface area contributed by atoms with Gasteiger partial charge in [-0.15, -0.1) is 0 Å². The zero-order valence-electron chi connectivity index (χ0n) is 9.60. The second-order valence-corrected chi connectivity index (χ2v) is 5.17. The lowest BCUT2D eigenvalue weighted by Crippen LogP contribution is -1.89. The van der Waals surface area contributed by atoms with E-state index in [1.807, 2.05) is 11.8 Å². The van der Waals surface area contributed by atoms with Gasteiger partial charge in [-0.2, -0.15) is 11.8 Å². The molecule has 1 heteroatoms. The predicted molar refractivity (Wildman–Crippen MR) is 77.0 cm³/mol. The highest BCUT2D eigenvalue weighted by atomic mass is 32.2. The molecule has 0 aliphatic carbocycles. The van der Waals surface area contributed by atoms with Crippen molar-refractivity contribution in [2.45, 2.75) is 0 Å². The third-order valence-corrected chi connectivity index (χ3v) is 4.09. The van der Waals surface area contributed by atoms with E-state index in [0.717, 1.165) is 11.5 Å². The van der Waals surface area contributed by atoms with E-state index in [-0.39, 0.29) is 0 Å². The first-order valence-electron chi connectivity index (χ1n) is 5.86. The number of benzene rings is 2. The first kappa shape index (κ1) is 10.7. The summed E-state index contributed by atoms with van der Waals surface area (Å²) in [5, 5.41) is 0. The Kier molecular flexibility index (Phi) is 3.02. The molecule has 84 valence electrons. The van der Waals surface area contributed by atoms with Crippen molar-refractivity contribution in [3.8, 4) is 0 Å². The molecule has 17 heavy (non-hydrogen) atoms. The molecule has 2 aromatic carbocycles. The highest BCUT2D eigenvalue weighted by Gasteiger charge is 2.17. The lowest BCUT2D eigenvalue weighted by Gasteiger charge is -2.07. The minimum absolute atomic E-state index is 1.13. The van der Waals surface area contributed by atoms with E-state index >= 15 is 0 Å². The lowest BCUT2D eigenvalue weighted by molar-refractivity contribution is 1.55. The molecule has 0 atom stereocenters. The van der Waals surface area contributed by atoms with Crippen molar-refractivity contribution >= 4 is 22.9 Å². The largest absolute Gasteiger partial charge is 0.152 e. The van der Waals surface area contributed by atoms with E-state index in [2.05, 4.69) is 60.7 Å². The van der Waals surface area contributed by atoms with Gasteiger partial charge in [0.25, 0.3) is 0 Å². The SMILES string of the molecule is c1ccc(C2=C(c3ccccc3)CSC2)cc1. The highest BCUT2D eigenvalue weighted by molar-refractivity contribution is 8.00. The van der Waals surface area contributed by atoms with Crippen LogP contribution in [0.25, 0.3) is 11.1 Å². The molecule has 0 saturated carbocycles. The van der Waals surface area contributed by atoms with Crippen LogP contribution in [0.15, 0.2) is 60.7 Å². The van der Waals surface area contributed by atoms with Crippen molar-refractivity contribution < 1.29 is 0 Å². The van der Waals surface area contributed by atoms with E-state index in [9.17, 15) is 0 Å². The first-order chi connectivity index (χ1) is 8.45. The summed E-state index contributed by atoms with van der Waals surface area (Å²) in [6.07, 6.45) is 0. The fraction of sp³-hybridized carbons (Fsp3) is 0.125. The van der Waals surface area contributed by atoms with Crippen LogP contribution < -0.4 is 0 Å². The Morgan fingerprint density at radius 3 is 1.41 bits per heavy atom. The molecule has 0 N–H and O–H groups in total. The summed E-state index contributed by atoms with van der Waals surface area (Å²) < 4.78 is 0. The summed E-state index contributed by atoms with van der Waals surface area (Å²) in [6.45, 7) is 0. The average Bonchev–Trinajstić information content (AvgIpc) is 2.90. The van der Waals surface area contributed by atoms with Crippen LogP contribution in [0.5, 0.6) is 0 Å². The molecule has 0 amide bonds. The van der Waals surface area contributed by atoms with Crippen LogP contribution in [-0.2, 0) is 0 Å². The number of hydrogen-bond acceptors (Lipinski definition) is 1. The summed E-state index contributed by atoms with van der Waals surface area (Å²) in [6, 6.07) is 21.5. The van der Waals surface area contributed by atoms with E-state index in [4.69, 9.17) is 0 Å². The van der Waals surface area contributed by atoms with E-state index in [1.54, 1.807) is 0 Å². The second-order valence-electron chi connectivity index (χ2n) is 4.18. The Balaban J connectivity index is 2.08. The van der Waals surface area contributed by atoms with Crippen molar-refractivity contribution in [2.24, 2.45) is 0 Å². The van der Waals surface area contributed by atoms with Crippen LogP contribution in [-0.4, -0.2) is 11.5 Å². The van der Waals surface area contributed by atoms with Crippen LogP contribution >= 0.6 is 11.8 Å². The Bertz CT molecular complexity index is 476. The van der Waals surface area contributed by atoms with Crippen molar-refractivity contribution in [3.05, 3.63) is 71.8 Å². The molecule has 1 aliphatic heterocycles. The predicted octanol–water partition coefficient (Wildman–Crippen LogP) is 4.34. The van der Waals surface area contributed by atoms with Crippen molar-refractivity contribution in [2.75, 3.05) is 11.5 Å². The normalized spacial score (nSPS) is 15.3. The van der Waals surface area contributed by atoms with Gasteiger partial charge in [-0.3, -0.25) is 0 Å². The van der Waals surface area contributed by atoms with Gasteiger partial charge >= 0.3 is 0 Å². The van der Waals surface area contributed by atoms with Crippen LogP contribution in [0.3, 0.4) is 0 Å². The van der Waals surface area contributed by atoms with E-state index in [1.165, 1.54) is 22.3 Å². The summed E-state index contributed by atoms with van der Waals surface area (Å²) in [7, 11) is 0. The molecule has 0 radical (unpaired) electrons. The molecular weight excluding hydrogens is 224 g/mol. The van der Waals surface area contributed by atoms with Gasteiger partial charge in [0.15, 0.2) is 0 Å². The summed E-state index contributed by atoms with van der Waals surface area (Å²) in [4.78, 5) is 0. The fourth-order valence-electron chi connectivity index (χ4n) is 2.22. The maximum atomic E-state index is 2.21. The maximum Gasteiger partial charge on any atom is 0.0197 e. The Hall–Kier alpha value is -1.47. The second kappa shape index (κ2) is 4.80. The molecule has 1 aliphatic rings. The van der Waals surface area contributed by atoms with Gasteiger partial charge in [0, 0.05) is 11.5 Å². The molecule has 0 fully saturated rings. The molecule has 1 heterocycles.